The molecule has 3 amide bonds. The van der Waals surface area contributed by atoms with Gasteiger partial charge >= 0.3 is 0 Å². The zero-order chi connectivity index (χ0) is 25.8. The zero-order valence-electron chi connectivity index (χ0n) is 21.9. The molecular weight excluding hydrogens is 442 g/mol. The van der Waals surface area contributed by atoms with Crippen molar-refractivity contribution in [2.24, 2.45) is 17.8 Å². The number of carbonyl (C=O) groups excluding carboxylic acids is 3. The van der Waals surface area contributed by atoms with Gasteiger partial charge in [0.25, 0.3) is 0 Å². The third kappa shape index (κ3) is 10.0. The number of benzene rings is 1. The average Bonchev–Trinajstić information content (AvgIpc) is 2.83. The summed E-state index contributed by atoms with van der Waals surface area (Å²) in [5.74, 6) is -0.412. The quantitative estimate of drug-likeness (QED) is 0.320. The molecular formula is C28H45N3O4. The molecule has 1 fully saturated rings. The van der Waals surface area contributed by atoms with Gasteiger partial charge in [0.2, 0.25) is 17.7 Å². The predicted molar refractivity (Wildman–Crippen MR) is 139 cm³/mol. The van der Waals surface area contributed by atoms with Crippen LogP contribution in [0.1, 0.15) is 78.2 Å². The van der Waals surface area contributed by atoms with Gasteiger partial charge in [-0.15, -0.1) is 0 Å². The van der Waals surface area contributed by atoms with Crippen molar-refractivity contribution in [1.82, 2.24) is 16.0 Å². The van der Waals surface area contributed by atoms with Gasteiger partial charge in [0.05, 0.1) is 12.1 Å². The largest absolute Gasteiger partial charge is 0.391 e. The molecule has 7 heteroatoms. The molecule has 0 unspecified atom stereocenters. The van der Waals surface area contributed by atoms with Crippen LogP contribution in [0.2, 0.25) is 0 Å². The molecule has 0 aliphatic heterocycles. The van der Waals surface area contributed by atoms with E-state index in [0.29, 0.717) is 13.0 Å². The summed E-state index contributed by atoms with van der Waals surface area (Å²) in [7, 11) is 0. The van der Waals surface area contributed by atoms with Gasteiger partial charge in [-0.25, -0.2) is 0 Å². The van der Waals surface area contributed by atoms with Gasteiger partial charge < -0.3 is 21.1 Å². The molecule has 1 saturated carbocycles. The van der Waals surface area contributed by atoms with E-state index in [9.17, 15) is 19.5 Å². The Morgan fingerprint density at radius 3 is 2.46 bits per heavy atom. The topological polar surface area (TPSA) is 108 Å². The fraction of sp³-hybridized carbons (Fsp3) is 0.679. The lowest BCUT2D eigenvalue weighted by molar-refractivity contribution is -0.128. The first-order valence-corrected chi connectivity index (χ1v) is 13.3. The second-order valence-corrected chi connectivity index (χ2v) is 10.3. The van der Waals surface area contributed by atoms with E-state index in [-0.39, 0.29) is 47.9 Å². The van der Waals surface area contributed by atoms with Crippen molar-refractivity contribution < 1.29 is 19.5 Å². The maximum Gasteiger partial charge on any atom is 0.223 e. The van der Waals surface area contributed by atoms with E-state index in [0.717, 1.165) is 44.1 Å². The minimum atomic E-state index is -0.844. The molecule has 4 N–H and O–H groups in total. The molecule has 0 bridgehead atoms. The van der Waals surface area contributed by atoms with Crippen LogP contribution < -0.4 is 16.0 Å². The number of carbonyl (C=O) groups is 3. The van der Waals surface area contributed by atoms with Crippen molar-refractivity contribution in [1.29, 1.82) is 0 Å². The highest BCUT2D eigenvalue weighted by Crippen LogP contribution is 2.31. The fourth-order valence-electron chi connectivity index (χ4n) is 5.01. The van der Waals surface area contributed by atoms with Crippen LogP contribution in [-0.2, 0) is 20.8 Å². The molecule has 35 heavy (non-hydrogen) atoms. The normalized spacial score (nSPS) is 21.3. The molecule has 7 nitrogen and oxygen atoms in total. The summed E-state index contributed by atoms with van der Waals surface area (Å²) in [6, 6.07) is 9.34. The Hall–Kier alpha value is -2.41. The molecule has 6 atom stereocenters. The summed E-state index contributed by atoms with van der Waals surface area (Å²) < 4.78 is 0. The third-order valence-corrected chi connectivity index (χ3v) is 7.19. The van der Waals surface area contributed by atoms with E-state index in [1.165, 1.54) is 6.92 Å². The molecule has 1 aliphatic carbocycles. The Kier molecular flexibility index (Phi) is 12.2. The Bertz CT molecular complexity index is 801. The number of amides is 3. The van der Waals surface area contributed by atoms with E-state index < -0.39 is 12.1 Å². The second-order valence-electron chi connectivity index (χ2n) is 10.3. The van der Waals surface area contributed by atoms with E-state index >= 15 is 0 Å². The minimum Gasteiger partial charge on any atom is -0.391 e. The summed E-state index contributed by atoms with van der Waals surface area (Å²) in [6.07, 6.45) is 5.32. The number of unbranched alkanes of at least 4 members (excludes halogenated alkanes) is 1. The first kappa shape index (κ1) is 28.8. The monoisotopic (exact) mass is 487 g/mol. The fourth-order valence-corrected chi connectivity index (χ4v) is 5.01. The lowest BCUT2D eigenvalue weighted by Gasteiger charge is -2.34. The Morgan fingerprint density at radius 1 is 1.09 bits per heavy atom. The minimum absolute atomic E-state index is 0.0286. The van der Waals surface area contributed by atoms with Gasteiger partial charge in [0, 0.05) is 31.3 Å². The van der Waals surface area contributed by atoms with Crippen molar-refractivity contribution >= 4 is 17.7 Å². The summed E-state index contributed by atoms with van der Waals surface area (Å²) in [5, 5.41) is 20.1. The first-order chi connectivity index (χ1) is 16.7. The van der Waals surface area contributed by atoms with Gasteiger partial charge in [0.1, 0.15) is 0 Å². The third-order valence-electron chi connectivity index (χ3n) is 7.19. The van der Waals surface area contributed by atoms with Crippen LogP contribution in [0.5, 0.6) is 0 Å². The van der Waals surface area contributed by atoms with E-state index in [1.54, 1.807) is 0 Å². The van der Waals surface area contributed by atoms with Crippen molar-refractivity contribution in [3.63, 3.8) is 0 Å². The molecule has 0 aromatic heterocycles. The molecule has 0 spiro atoms. The molecule has 1 aromatic carbocycles. The molecule has 0 heterocycles. The van der Waals surface area contributed by atoms with Gasteiger partial charge in [-0.05, 0) is 56.9 Å². The maximum absolute atomic E-state index is 13.3. The van der Waals surface area contributed by atoms with Crippen LogP contribution in [0, 0.1) is 17.8 Å². The smallest absolute Gasteiger partial charge is 0.223 e. The lowest BCUT2D eigenvalue weighted by Crippen LogP contribution is -2.49. The molecule has 2 rings (SSSR count). The van der Waals surface area contributed by atoms with Crippen LogP contribution in [0.4, 0.5) is 0 Å². The highest BCUT2D eigenvalue weighted by molar-refractivity contribution is 5.79. The number of nitrogens with one attached hydrogen (secondary N) is 3. The summed E-state index contributed by atoms with van der Waals surface area (Å²) in [4.78, 5) is 37.2. The molecule has 0 radical (unpaired) electrons. The van der Waals surface area contributed by atoms with E-state index in [2.05, 4.69) is 22.9 Å². The van der Waals surface area contributed by atoms with Crippen LogP contribution in [0.3, 0.4) is 0 Å². The van der Waals surface area contributed by atoms with Crippen molar-refractivity contribution in [3.05, 3.63) is 35.9 Å². The van der Waals surface area contributed by atoms with Gasteiger partial charge in [-0.2, -0.15) is 0 Å². The molecule has 1 aliphatic rings. The van der Waals surface area contributed by atoms with Gasteiger partial charge in [-0.3, -0.25) is 14.4 Å². The Labute approximate surface area is 210 Å². The zero-order valence-corrected chi connectivity index (χ0v) is 21.9. The van der Waals surface area contributed by atoms with E-state index in [1.807, 2.05) is 44.2 Å². The van der Waals surface area contributed by atoms with Crippen molar-refractivity contribution in [2.45, 2.75) is 97.2 Å². The highest BCUT2D eigenvalue weighted by atomic mass is 16.3. The summed E-state index contributed by atoms with van der Waals surface area (Å²) in [6.45, 7) is 8.05. The summed E-state index contributed by atoms with van der Waals surface area (Å²) >= 11 is 0. The van der Waals surface area contributed by atoms with Crippen molar-refractivity contribution in [3.8, 4) is 0 Å². The second kappa shape index (κ2) is 14.9. The highest BCUT2D eigenvalue weighted by Gasteiger charge is 2.33. The van der Waals surface area contributed by atoms with Crippen LogP contribution in [0.15, 0.2) is 30.3 Å². The molecule has 0 saturated heterocycles. The Balaban J connectivity index is 2.04. The number of hydrogen-bond donors (Lipinski definition) is 4. The van der Waals surface area contributed by atoms with Crippen LogP contribution >= 0.6 is 0 Å². The molecule has 196 valence electrons. The summed E-state index contributed by atoms with van der Waals surface area (Å²) in [5.41, 5.74) is 1.03. The average molecular weight is 488 g/mol. The lowest BCUT2D eigenvalue weighted by atomic mass is 9.77. The Morgan fingerprint density at radius 2 is 1.80 bits per heavy atom. The van der Waals surface area contributed by atoms with Crippen LogP contribution in [-0.4, -0.2) is 47.6 Å². The number of aliphatic hydroxyl groups is 1. The first-order valence-electron chi connectivity index (χ1n) is 13.3. The van der Waals surface area contributed by atoms with E-state index in [4.69, 9.17) is 0 Å². The number of hydrogen-bond acceptors (Lipinski definition) is 4. The van der Waals surface area contributed by atoms with Crippen LogP contribution in [0.25, 0.3) is 0 Å². The van der Waals surface area contributed by atoms with Crippen molar-refractivity contribution in [2.75, 3.05) is 6.54 Å². The predicted octanol–water partition coefficient (Wildman–Crippen LogP) is 3.35. The standard InChI is InChI=1S/C28H45N3O4/c1-5-6-15-29-27(34)19(2)16-26(33)25(17-22-11-8-7-9-12-22)31-28(35)24-14-10-13-23(18-24)20(3)30-21(4)32/h7-9,11-12,19-20,23-26,33H,5-6,10,13-18H2,1-4H3,(H,29,34)(H,30,32)(H,31,35)/t19-,20+,23+,24-,25+,26+/m1/s1. The van der Waals surface area contributed by atoms with Gasteiger partial charge in [-0.1, -0.05) is 57.0 Å². The molecule has 1 aromatic rings. The van der Waals surface area contributed by atoms with Gasteiger partial charge in [0.15, 0.2) is 0 Å². The maximum atomic E-state index is 13.3. The SMILES string of the molecule is CCCCNC(=O)[C@H](C)C[C@H](O)[C@H](Cc1ccccc1)NC(=O)[C@@H]1CCC[C@H]([C@H](C)NC(C)=O)C1. The number of rotatable bonds is 13. The number of aliphatic hydroxyl groups excluding tert-OH is 1.